The molecule has 0 radical (unpaired) electrons. The summed E-state index contributed by atoms with van der Waals surface area (Å²) >= 11 is 0. The highest BCUT2D eigenvalue weighted by atomic mass is 19.1. The summed E-state index contributed by atoms with van der Waals surface area (Å²) in [5.74, 6) is -1.19. The lowest BCUT2D eigenvalue weighted by Gasteiger charge is -2.34. The lowest BCUT2D eigenvalue weighted by Crippen LogP contribution is -2.45. The number of benzene rings is 1. The molecule has 0 amide bonds. The minimum absolute atomic E-state index is 0.229. The Hall–Kier alpha value is -1.49. The maximum absolute atomic E-state index is 13.7. The lowest BCUT2D eigenvalue weighted by atomic mass is 10.0. The predicted octanol–water partition coefficient (Wildman–Crippen LogP) is 2.88. The fourth-order valence-electron chi connectivity index (χ4n) is 2.57. The Labute approximate surface area is 117 Å². The van der Waals surface area contributed by atoms with Crippen LogP contribution in [0.1, 0.15) is 31.7 Å². The molecule has 1 fully saturated rings. The van der Waals surface area contributed by atoms with E-state index in [9.17, 15) is 13.6 Å². The molecule has 110 valence electrons. The van der Waals surface area contributed by atoms with Crippen LogP contribution in [-0.4, -0.2) is 30.1 Å². The van der Waals surface area contributed by atoms with E-state index in [-0.39, 0.29) is 24.1 Å². The molecule has 1 atom stereocenters. The molecule has 5 heteroatoms. The molecule has 1 aliphatic rings. The average molecular weight is 283 g/mol. The van der Waals surface area contributed by atoms with Gasteiger partial charge in [-0.3, -0.25) is 9.69 Å². The van der Waals surface area contributed by atoms with Crippen LogP contribution in [0.25, 0.3) is 0 Å². The number of nitrogens with zero attached hydrogens (tertiary/aromatic N) is 1. The summed E-state index contributed by atoms with van der Waals surface area (Å²) in [5, 5.41) is 0. The van der Waals surface area contributed by atoms with Crippen molar-refractivity contribution in [1.82, 2.24) is 4.90 Å². The summed E-state index contributed by atoms with van der Waals surface area (Å²) in [7, 11) is 0. The van der Waals surface area contributed by atoms with Gasteiger partial charge in [0, 0.05) is 12.1 Å². The van der Waals surface area contributed by atoms with E-state index in [1.54, 1.807) is 6.92 Å². The zero-order valence-electron chi connectivity index (χ0n) is 11.6. The zero-order chi connectivity index (χ0) is 14.5. The minimum Gasteiger partial charge on any atom is -0.465 e. The van der Waals surface area contributed by atoms with Gasteiger partial charge in [0.2, 0.25) is 0 Å². The van der Waals surface area contributed by atoms with Crippen LogP contribution in [0.2, 0.25) is 0 Å². The summed E-state index contributed by atoms with van der Waals surface area (Å²) in [6.07, 6.45) is 2.61. The Balaban J connectivity index is 2.12. The smallest absolute Gasteiger partial charge is 0.323 e. The van der Waals surface area contributed by atoms with Crippen LogP contribution in [0.4, 0.5) is 8.78 Å². The molecule has 20 heavy (non-hydrogen) atoms. The number of hydrogen-bond donors (Lipinski definition) is 0. The molecule has 1 saturated heterocycles. The maximum atomic E-state index is 13.7. The van der Waals surface area contributed by atoms with E-state index in [2.05, 4.69) is 0 Å². The third-order valence-corrected chi connectivity index (χ3v) is 3.55. The summed E-state index contributed by atoms with van der Waals surface area (Å²) in [6, 6.07) is 3.05. The van der Waals surface area contributed by atoms with Gasteiger partial charge in [-0.25, -0.2) is 8.78 Å². The van der Waals surface area contributed by atoms with Crippen molar-refractivity contribution in [3.8, 4) is 0 Å². The number of likely N-dealkylation sites (tertiary alicyclic amines) is 1. The normalized spacial score (nSPS) is 19.9. The van der Waals surface area contributed by atoms with Crippen molar-refractivity contribution in [2.75, 3.05) is 13.2 Å². The molecule has 0 aromatic heterocycles. The molecule has 0 saturated carbocycles. The molecule has 0 spiro atoms. The first-order chi connectivity index (χ1) is 9.61. The SMILES string of the molecule is CCOC(=O)[C@H]1CCCCN1Cc1cc(F)ccc1F. The van der Waals surface area contributed by atoms with Gasteiger partial charge >= 0.3 is 5.97 Å². The highest BCUT2D eigenvalue weighted by Gasteiger charge is 2.30. The van der Waals surface area contributed by atoms with Crippen LogP contribution < -0.4 is 0 Å². The van der Waals surface area contributed by atoms with Crippen LogP contribution in [0.3, 0.4) is 0 Å². The molecule has 3 nitrogen and oxygen atoms in total. The summed E-state index contributed by atoms with van der Waals surface area (Å²) in [6.45, 7) is 3.02. The topological polar surface area (TPSA) is 29.5 Å². The molecule has 0 N–H and O–H groups in total. The van der Waals surface area contributed by atoms with Crippen molar-refractivity contribution in [2.45, 2.75) is 38.8 Å². The quantitative estimate of drug-likeness (QED) is 0.796. The fraction of sp³-hybridized carbons (Fsp3) is 0.533. The molecule has 1 heterocycles. The van der Waals surface area contributed by atoms with Gasteiger partial charge in [-0.1, -0.05) is 6.42 Å². The van der Waals surface area contributed by atoms with Crippen molar-refractivity contribution >= 4 is 5.97 Å². The van der Waals surface area contributed by atoms with Gasteiger partial charge in [0.1, 0.15) is 17.7 Å². The molecular weight excluding hydrogens is 264 g/mol. The molecule has 1 aromatic rings. The molecular formula is C15H19F2NO2. The van der Waals surface area contributed by atoms with Gasteiger partial charge in [-0.15, -0.1) is 0 Å². The van der Waals surface area contributed by atoms with Crippen molar-refractivity contribution in [2.24, 2.45) is 0 Å². The number of carbonyl (C=O) groups excluding carboxylic acids is 1. The fourth-order valence-corrected chi connectivity index (χ4v) is 2.57. The van der Waals surface area contributed by atoms with E-state index < -0.39 is 11.6 Å². The first-order valence-electron chi connectivity index (χ1n) is 6.96. The van der Waals surface area contributed by atoms with E-state index in [4.69, 9.17) is 4.74 Å². The Morgan fingerprint density at radius 1 is 1.40 bits per heavy atom. The third-order valence-electron chi connectivity index (χ3n) is 3.55. The number of halogens is 2. The molecule has 0 aliphatic carbocycles. The molecule has 1 aromatic carbocycles. The van der Waals surface area contributed by atoms with Gasteiger partial charge in [0.05, 0.1) is 6.61 Å². The van der Waals surface area contributed by atoms with Crippen molar-refractivity contribution < 1.29 is 18.3 Å². The molecule has 1 aliphatic heterocycles. The Morgan fingerprint density at radius 3 is 2.95 bits per heavy atom. The van der Waals surface area contributed by atoms with Gasteiger partial charge < -0.3 is 4.74 Å². The zero-order valence-corrected chi connectivity index (χ0v) is 11.6. The molecule has 0 bridgehead atoms. The summed E-state index contributed by atoms with van der Waals surface area (Å²) in [4.78, 5) is 13.8. The van der Waals surface area contributed by atoms with E-state index in [0.717, 1.165) is 25.0 Å². The number of carbonyl (C=O) groups is 1. The Bertz CT molecular complexity index is 479. The van der Waals surface area contributed by atoms with Crippen molar-refractivity contribution in [3.05, 3.63) is 35.4 Å². The summed E-state index contributed by atoms with van der Waals surface area (Å²) in [5.41, 5.74) is 0.279. The van der Waals surface area contributed by atoms with Gasteiger partial charge in [0.15, 0.2) is 0 Å². The monoisotopic (exact) mass is 283 g/mol. The average Bonchev–Trinajstić information content (AvgIpc) is 2.44. The Kier molecular flexibility index (Phi) is 5.06. The highest BCUT2D eigenvalue weighted by molar-refractivity contribution is 5.75. The van der Waals surface area contributed by atoms with E-state index >= 15 is 0 Å². The van der Waals surface area contributed by atoms with Crippen LogP contribution >= 0.6 is 0 Å². The minimum atomic E-state index is -0.467. The number of rotatable bonds is 4. The second-order valence-corrected chi connectivity index (χ2v) is 4.97. The standard InChI is InChI=1S/C15H19F2NO2/c1-2-20-15(19)14-5-3-4-8-18(14)10-11-9-12(16)6-7-13(11)17/h6-7,9,14H,2-5,8,10H2,1H3/t14-/m1/s1. The second kappa shape index (κ2) is 6.79. The van der Waals surface area contributed by atoms with E-state index in [1.807, 2.05) is 4.90 Å². The lowest BCUT2D eigenvalue weighted by molar-refractivity contribution is -0.151. The van der Waals surface area contributed by atoms with Crippen LogP contribution in [0.15, 0.2) is 18.2 Å². The third kappa shape index (κ3) is 3.54. The van der Waals surface area contributed by atoms with Gasteiger partial charge in [-0.2, -0.15) is 0 Å². The largest absolute Gasteiger partial charge is 0.465 e. The first kappa shape index (κ1) is 14.9. The van der Waals surface area contributed by atoms with Crippen LogP contribution in [-0.2, 0) is 16.1 Å². The Morgan fingerprint density at radius 2 is 2.20 bits per heavy atom. The number of ether oxygens (including phenoxy) is 1. The molecule has 2 rings (SSSR count). The molecule has 0 unspecified atom stereocenters. The maximum Gasteiger partial charge on any atom is 0.323 e. The second-order valence-electron chi connectivity index (χ2n) is 4.97. The van der Waals surface area contributed by atoms with Crippen LogP contribution in [0, 0.1) is 11.6 Å². The van der Waals surface area contributed by atoms with Crippen molar-refractivity contribution in [1.29, 1.82) is 0 Å². The number of hydrogen-bond acceptors (Lipinski definition) is 3. The predicted molar refractivity (Wildman–Crippen MR) is 71.0 cm³/mol. The first-order valence-corrected chi connectivity index (χ1v) is 6.96. The number of piperidine rings is 1. The number of esters is 1. The van der Waals surface area contributed by atoms with Crippen LogP contribution in [0.5, 0.6) is 0 Å². The van der Waals surface area contributed by atoms with Gasteiger partial charge in [-0.05, 0) is 44.5 Å². The highest BCUT2D eigenvalue weighted by Crippen LogP contribution is 2.22. The van der Waals surface area contributed by atoms with Crippen molar-refractivity contribution in [3.63, 3.8) is 0 Å². The van der Waals surface area contributed by atoms with E-state index in [0.29, 0.717) is 19.6 Å². The van der Waals surface area contributed by atoms with Gasteiger partial charge in [0.25, 0.3) is 0 Å². The summed E-state index contributed by atoms with van der Waals surface area (Å²) < 4.78 is 31.9. The van der Waals surface area contributed by atoms with E-state index in [1.165, 1.54) is 6.07 Å².